The van der Waals surface area contributed by atoms with E-state index in [-0.39, 0.29) is 43.3 Å². The monoisotopic (exact) mass is 400 g/mol. The molecule has 0 aliphatic rings. The van der Waals surface area contributed by atoms with Crippen LogP contribution >= 0.6 is 0 Å². The Labute approximate surface area is 155 Å². The minimum atomic E-state index is -3.73. The van der Waals surface area contributed by atoms with E-state index < -0.39 is 21.7 Å². The summed E-state index contributed by atoms with van der Waals surface area (Å²) in [5, 5.41) is 2.65. The SMILES string of the molecule is CS(=O)(=O)N(CCCC(=O)NCc1ccc(F)cc1)c1ccc(F)c(F)c1. The molecule has 0 aliphatic carbocycles. The smallest absolute Gasteiger partial charge is 0.232 e. The summed E-state index contributed by atoms with van der Waals surface area (Å²) in [4.78, 5) is 11.9. The number of carbonyl (C=O) groups excluding carboxylic acids is 1. The van der Waals surface area contributed by atoms with Gasteiger partial charge < -0.3 is 5.32 Å². The lowest BCUT2D eigenvalue weighted by molar-refractivity contribution is -0.121. The van der Waals surface area contributed by atoms with Crippen molar-refractivity contribution in [3.63, 3.8) is 0 Å². The van der Waals surface area contributed by atoms with Crippen molar-refractivity contribution in [1.29, 1.82) is 0 Å². The first kappa shape index (κ1) is 20.8. The summed E-state index contributed by atoms with van der Waals surface area (Å²) in [6.45, 7) is 0.159. The molecule has 9 heteroatoms. The van der Waals surface area contributed by atoms with Gasteiger partial charge in [-0.2, -0.15) is 0 Å². The molecule has 0 saturated carbocycles. The minimum absolute atomic E-state index is 0.0110. The molecule has 2 rings (SSSR count). The van der Waals surface area contributed by atoms with Crippen molar-refractivity contribution < 1.29 is 26.4 Å². The molecule has 0 fully saturated rings. The molecule has 0 saturated heterocycles. The third kappa shape index (κ3) is 6.28. The van der Waals surface area contributed by atoms with Crippen molar-refractivity contribution in [2.45, 2.75) is 19.4 Å². The second-order valence-corrected chi connectivity index (χ2v) is 7.85. The van der Waals surface area contributed by atoms with E-state index in [0.29, 0.717) is 0 Å². The molecule has 0 spiro atoms. The molecule has 0 radical (unpaired) electrons. The summed E-state index contributed by atoms with van der Waals surface area (Å²) < 4.78 is 64.0. The van der Waals surface area contributed by atoms with Gasteiger partial charge in [-0.05, 0) is 36.2 Å². The van der Waals surface area contributed by atoms with Crippen molar-refractivity contribution in [1.82, 2.24) is 5.32 Å². The molecule has 0 bridgehead atoms. The van der Waals surface area contributed by atoms with Crippen molar-refractivity contribution in [3.05, 3.63) is 65.5 Å². The molecule has 0 aromatic heterocycles. The lowest BCUT2D eigenvalue weighted by atomic mass is 10.2. The number of hydrogen-bond acceptors (Lipinski definition) is 3. The van der Waals surface area contributed by atoms with E-state index in [2.05, 4.69) is 5.32 Å². The van der Waals surface area contributed by atoms with Crippen LogP contribution in [0.15, 0.2) is 42.5 Å². The largest absolute Gasteiger partial charge is 0.352 e. The van der Waals surface area contributed by atoms with Crippen LogP contribution in [0.3, 0.4) is 0 Å². The summed E-state index contributed by atoms with van der Waals surface area (Å²) in [7, 11) is -3.73. The van der Waals surface area contributed by atoms with Gasteiger partial charge in [-0.25, -0.2) is 21.6 Å². The van der Waals surface area contributed by atoms with Gasteiger partial charge in [0.25, 0.3) is 0 Å². The van der Waals surface area contributed by atoms with Crippen LogP contribution in [0, 0.1) is 17.5 Å². The maximum atomic E-state index is 13.4. The van der Waals surface area contributed by atoms with Crippen molar-refractivity contribution in [2.24, 2.45) is 0 Å². The van der Waals surface area contributed by atoms with Crippen molar-refractivity contribution >= 4 is 21.6 Å². The molecular weight excluding hydrogens is 381 g/mol. The van der Waals surface area contributed by atoms with Gasteiger partial charge in [0.2, 0.25) is 15.9 Å². The predicted molar refractivity (Wildman–Crippen MR) is 96.0 cm³/mol. The highest BCUT2D eigenvalue weighted by Crippen LogP contribution is 2.21. The van der Waals surface area contributed by atoms with Crippen LogP contribution in [-0.4, -0.2) is 27.1 Å². The van der Waals surface area contributed by atoms with Crippen LogP contribution in [0.2, 0.25) is 0 Å². The van der Waals surface area contributed by atoms with Gasteiger partial charge in [-0.1, -0.05) is 12.1 Å². The predicted octanol–water partition coefficient (Wildman–Crippen LogP) is 2.97. The summed E-state index contributed by atoms with van der Waals surface area (Å²) in [5.74, 6) is -2.91. The molecule has 0 heterocycles. The molecular formula is C18H19F3N2O3S. The Morgan fingerprint density at radius 3 is 2.30 bits per heavy atom. The van der Waals surface area contributed by atoms with Gasteiger partial charge in [-0.15, -0.1) is 0 Å². The number of benzene rings is 2. The van der Waals surface area contributed by atoms with E-state index in [9.17, 15) is 26.4 Å². The fourth-order valence-electron chi connectivity index (χ4n) is 2.40. The van der Waals surface area contributed by atoms with Crippen LogP contribution in [-0.2, 0) is 21.4 Å². The zero-order chi connectivity index (χ0) is 20.0. The Morgan fingerprint density at radius 2 is 1.70 bits per heavy atom. The number of sulfonamides is 1. The first-order valence-corrected chi connectivity index (χ1v) is 9.95. The van der Waals surface area contributed by atoms with Gasteiger partial charge in [0.1, 0.15) is 5.82 Å². The molecule has 0 atom stereocenters. The lowest BCUT2D eigenvalue weighted by Gasteiger charge is -2.22. The number of amides is 1. The maximum Gasteiger partial charge on any atom is 0.232 e. The summed E-state index contributed by atoms with van der Waals surface area (Å²) in [6, 6.07) is 8.46. The van der Waals surface area contributed by atoms with E-state index in [1.165, 1.54) is 12.1 Å². The van der Waals surface area contributed by atoms with Gasteiger partial charge in [-0.3, -0.25) is 9.10 Å². The highest BCUT2D eigenvalue weighted by molar-refractivity contribution is 7.92. The van der Waals surface area contributed by atoms with E-state index in [0.717, 1.165) is 34.3 Å². The third-order valence-electron chi connectivity index (χ3n) is 3.76. The van der Waals surface area contributed by atoms with E-state index in [1.807, 2.05) is 0 Å². The average molecular weight is 400 g/mol. The quantitative estimate of drug-likeness (QED) is 0.741. The second kappa shape index (κ2) is 8.90. The molecule has 27 heavy (non-hydrogen) atoms. The normalized spacial score (nSPS) is 11.3. The van der Waals surface area contributed by atoms with Gasteiger partial charge in [0.05, 0.1) is 11.9 Å². The number of halogens is 3. The fraction of sp³-hybridized carbons (Fsp3) is 0.278. The number of hydrogen-bond donors (Lipinski definition) is 1. The van der Waals surface area contributed by atoms with Gasteiger partial charge in [0, 0.05) is 25.6 Å². The highest BCUT2D eigenvalue weighted by atomic mass is 32.2. The van der Waals surface area contributed by atoms with Gasteiger partial charge >= 0.3 is 0 Å². The molecule has 1 N–H and O–H groups in total. The second-order valence-electron chi connectivity index (χ2n) is 5.94. The summed E-state index contributed by atoms with van der Waals surface area (Å²) in [5.41, 5.74) is 0.715. The molecule has 2 aromatic carbocycles. The van der Waals surface area contributed by atoms with Crippen LogP contribution in [0.25, 0.3) is 0 Å². The minimum Gasteiger partial charge on any atom is -0.352 e. The Kier molecular flexibility index (Phi) is 6.84. The lowest BCUT2D eigenvalue weighted by Crippen LogP contribution is -2.32. The number of nitrogens with zero attached hydrogens (tertiary/aromatic N) is 1. The first-order chi connectivity index (χ1) is 12.7. The Balaban J connectivity index is 1.90. The summed E-state index contributed by atoms with van der Waals surface area (Å²) >= 11 is 0. The van der Waals surface area contributed by atoms with E-state index in [1.54, 1.807) is 12.1 Å². The third-order valence-corrected chi connectivity index (χ3v) is 4.95. The van der Waals surface area contributed by atoms with Crippen LogP contribution in [0.1, 0.15) is 18.4 Å². The molecule has 1 amide bonds. The summed E-state index contributed by atoms with van der Waals surface area (Å²) in [6.07, 6.45) is 1.17. The molecule has 5 nitrogen and oxygen atoms in total. The van der Waals surface area contributed by atoms with Crippen LogP contribution in [0.4, 0.5) is 18.9 Å². The Morgan fingerprint density at radius 1 is 1.04 bits per heavy atom. The number of carbonyl (C=O) groups is 1. The van der Waals surface area contributed by atoms with Crippen molar-refractivity contribution in [3.8, 4) is 0 Å². The Hall–Kier alpha value is -2.55. The fourth-order valence-corrected chi connectivity index (χ4v) is 3.36. The molecule has 0 unspecified atom stereocenters. The molecule has 2 aromatic rings. The van der Waals surface area contributed by atoms with Crippen LogP contribution in [0.5, 0.6) is 0 Å². The Bertz CT molecular complexity index is 903. The number of nitrogens with one attached hydrogen (secondary N) is 1. The highest BCUT2D eigenvalue weighted by Gasteiger charge is 2.19. The standard InChI is InChI=1S/C18H19F3N2O3S/c1-27(25,26)23(15-8-9-16(20)17(21)11-15)10-2-3-18(24)22-12-13-4-6-14(19)7-5-13/h4-9,11H,2-3,10,12H2,1H3,(H,22,24). The number of rotatable bonds is 8. The average Bonchev–Trinajstić information content (AvgIpc) is 2.60. The molecule has 146 valence electrons. The zero-order valence-corrected chi connectivity index (χ0v) is 15.4. The topological polar surface area (TPSA) is 66.5 Å². The van der Waals surface area contributed by atoms with E-state index in [4.69, 9.17) is 0 Å². The van der Waals surface area contributed by atoms with Crippen LogP contribution < -0.4 is 9.62 Å². The first-order valence-electron chi connectivity index (χ1n) is 8.11. The maximum absolute atomic E-state index is 13.4. The van der Waals surface area contributed by atoms with E-state index >= 15 is 0 Å². The zero-order valence-electron chi connectivity index (χ0n) is 14.6. The molecule has 0 aliphatic heterocycles. The van der Waals surface area contributed by atoms with Crippen molar-refractivity contribution in [2.75, 3.05) is 17.1 Å². The number of anilines is 1. The van der Waals surface area contributed by atoms with Gasteiger partial charge in [0.15, 0.2) is 11.6 Å².